The molecule has 7 nitrogen and oxygen atoms in total. The molecule has 2 heterocycles. The average Bonchev–Trinajstić information content (AvgIpc) is 2.25. The number of nitrogens with zero attached hydrogens (tertiary/aromatic N) is 4. The zero-order valence-electron chi connectivity index (χ0n) is 11.6. The molecule has 0 radical (unpaired) electrons. The molecule has 0 unspecified atom stereocenters. The van der Waals surface area contributed by atoms with Crippen LogP contribution in [0.4, 0.5) is 17.5 Å². The van der Waals surface area contributed by atoms with Crippen molar-refractivity contribution in [1.82, 2.24) is 19.9 Å². The van der Waals surface area contributed by atoms with E-state index in [1.807, 2.05) is 20.8 Å². The van der Waals surface area contributed by atoms with Crippen LogP contribution in [-0.2, 0) is 5.41 Å². The fraction of sp³-hybridized carbons (Fsp3) is 0.333. The zero-order valence-corrected chi connectivity index (χ0v) is 12.4. The molecular formula is C12H17N7S. The standard InChI is InChI=1S/C12H17N7S/c1-12(2,3)10-16-8(15)5-9(19-10)20-11-17-6(13)4-7(14)18-11/h4-5H,1-3H3,(H2,15,16,19)(H4,13,14,17,18). The van der Waals surface area contributed by atoms with E-state index < -0.39 is 0 Å². The van der Waals surface area contributed by atoms with E-state index in [0.717, 1.165) is 0 Å². The van der Waals surface area contributed by atoms with Crippen LogP contribution in [0.2, 0.25) is 0 Å². The summed E-state index contributed by atoms with van der Waals surface area (Å²) >= 11 is 1.25. The van der Waals surface area contributed by atoms with Crippen molar-refractivity contribution in [1.29, 1.82) is 0 Å². The average molecular weight is 291 g/mol. The quantitative estimate of drug-likeness (QED) is 0.560. The van der Waals surface area contributed by atoms with Gasteiger partial charge in [0.15, 0.2) is 5.16 Å². The van der Waals surface area contributed by atoms with Crippen LogP contribution in [0.3, 0.4) is 0 Å². The molecule has 0 aliphatic heterocycles. The molecule has 0 aliphatic rings. The van der Waals surface area contributed by atoms with Crippen molar-refractivity contribution in [3.63, 3.8) is 0 Å². The molecule has 0 aromatic carbocycles. The lowest BCUT2D eigenvalue weighted by atomic mass is 9.96. The minimum atomic E-state index is -0.194. The first-order valence-electron chi connectivity index (χ1n) is 5.97. The van der Waals surface area contributed by atoms with E-state index in [1.165, 1.54) is 17.8 Å². The van der Waals surface area contributed by atoms with Crippen molar-refractivity contribution in [3.8, 4) is 0 Å². The van der Waals surface area contributed by atoms with Crippen molar-refractivity contribution in [2.24, 2.45) is 0 Å². The minimum Gasteiger partial charge on any atom is -0.384 e. The lowest BCUT2D eigenvalue weighted by molar-refractivity contribution is 0.539. The predicted molar refractivity (Wildman–Crippen MR) is 80.1 cm³/mol. The van der Waals surface area contributed by atoms with E-state index >= 15 is 0 Å². The highest BCUT2D eigenvalue weighted by atomic mass is 32.2. The van der Waals surface area contributed by atoms with Crippen molar-refractivity contribution >= 4 is 29.2 Å². The second kappa shape index (κ2) is 5.12. The molecule has 0 aliphatic carbocycles. The number of rotatable bonds is 2. The molecule has 2 rings (SSSR count). The Morgan fingerprint density at radius 2 is 1.40 bits per heavy atom. The molecule has 0 saturated heterocycles. The third-order valence-electron chi connectivity index (χ3n) is 2.33. The Labute approximate surface area is 121 Å². The van der Waals surface area contributed by atoms with Gasteiger partial charge in [-0.25, -0.2) is 19.9 Å². The van der Waals surface area contributed by atoms with Crippen molar-refractivity contribution < 1.29 is 0 Å². The molecule has 8 heteroatoms. The van der Waals surface area contributed by atoms with Gasteiger partial charge in [-0.3, -0.25) is 0 Å². The first-order valence-corrected chi connectivity index (χ1v) is 6.78. The Hall–Kier alpha value is -2.09. The van der Waals surface area contributed by atoms with E-state index in [9.17, 15) is 0 Å². The van der Waals surface area contributed by atoms with E-state index in [4.69, 9.17) is 17.2 Å². The second-order valence-corrected chi connectivity index (χ2v) is 6.29. The maximum atomic E-state index is 5.81. The fourth-order valence-corrected chi connectivity index (χ4v) is 2.23. The third kappa shape index (κ3) is 3.47. The summed E-state index contributed by atoms with van der Waals surface area (Å²) in [6, 6.07) is 3.17. The van der Waals surface area contributed by atoms with Gasteiger partial charge in [0.2, 0.25) is 0 Å². The van der Waals surface area contributed by atoms with Gasteiger partial charge >= 0.3 is 0 Å². The molecule has 0 amide bonds. The lowest BCUT2D eigenvalue weighted by Gasteiger charge is -2.17. The molecule has 2 aromatic rings. The Morgan fingerprint density at radius 1 is 0.850 bits per heavy atom. The molecule has 0 saturated carbocycles. The smallest absolute Gasteiger partial charge is 0.197 e. The minimum absolute atomic E-state index is 0.194. The van der Waals surface area contributed by atoms with Crippen LogP contribution in [0.25, 0.3) is 0 Å². The number of hydrogen-bond acceptors (Lipinski definition) is 8. The summed E-state index contributed by atoms with van der Waals surface area (Å²) in [5.74, 6) is 1.71. The highest BCUT2D eigenvalue weighted by molar-refractivity contribution is 7.99. The van der Waals surface area contributed by atoms with Crippen LogP contribution in [0.1, 0.15) is 26.6 Å². The molecule has 0 bridgehead atoms. The summed E-state index contributed by atoms with van der Waals surface area (Å²) in [6.45, 7) is 6.06. The van der Waals surface area contributed by atoms with Crippen LogP contribution in [0, 0.1) is 0 Å². The van der Waals surface area contributed by atoms with E-state index in [1.54, 1.807) is 6.07 Å². The van der Waals surface area contributed by atoms with E-state index in [2.05, 4.69) is 19.9 Å². The summed E-state index contributed by atoms with van der Waals surface area (Å²) < 4.78 is 0. The number of anilines is 3. The number of aromatic nitrogens is 4. The summed E-state index contributed by atoms with van der Waals surface area (Å²) in [5.41, 5.74) is 16.9. The maximum absolute atomic E-state index is 5.81. The van der Waals surface area contributed by atoms with Crippen LogP contribution < -0.4 is 17.2 Å². The van der Waals surface area contributed by atoms with Gasteiger partial charge in [0.05, 0.1) is 0 Å². The number of hydrogen-bond donors (Lipinski definition) is 3. The molecule has 0 atom stereocenters. The van der Waals surface area contributed by atoms with Gasteiger partial charge in [-0.15, -0.1) is 0 Å². The van der Waals surface area contributed by atoms with E-state index in [-0.39, 0.29) is 5.41 Å². The fourth-order valence-electron chi connectivity index (χ4n) is 1.43. The van der Waals surface area contributed by atoms with Crippen molar-refractivity contribution in [2.75, 3.05) is 17.2 Å². The van der Waals surface area contributed by atoms with Crippen LogP contribution in [-0.4, -0.2) is 19.9 Å². The normalized spacial score (nSPS) is 11.6. The predicted octanol–water partition coefficient (Wildman–Crippen LogP) is 1.46. The topological polar surface area (TPSA) is 130 Å². The van der Waals surface area contributed by atoms with Crippen LogP contribution in [0.15, 0.2) is 22.3 Å². The molecular weight excluding hydrogens is 274 g/mol. The Bertz CT molecular complexity index is 616. The van der Waals surface area contributed by atoms with Gasteiger partial charge in [-0.05, 0) is 11.8 Å². The summed E-state index contributed by atoms with van der Waals surface area (Å²) in [7, 11) is 0. The van der Waals surface area contributed by atoms with Gasteiger partial charge in [0.25, 0.3) is 0 Å². The van der Waals surface area contributed by atoms with Crippen LogP contribution >= 0.6 is 11.8 Å². The highest BCUT2D eigenvalue weighted by Crippen LogP contribution is 2.28. The van der Waals surface area contributed by atoms with Gasteiger partial charge in [-0.1, -0.05) is 20.8 Å². The Morgan fingerprint density at radius 3 is 1.95 bits per heavy atom. The van der Waals surface area contributed by atoms with Gasteiger partial charge in [-0.2, -0.15) is 0 Å². The molecule has 6 N–H and O–H groups in total. The molecule has 0 spiro atoms. The first kappa shape index (κ1) is 14.3. The van der Waals surface area contributed by atoms with Gasteiger partial charge in [0.1, 0.15) is 28.3 Å². The number of nitrogens with two attached hydrogens (primary N) is 3. The van der Waals surface area contributed by atoms with Crippen molar-refractivity contribution in [3.05, 3.63) is 18.0 Å². The Kier molecular flexibility index (Phi) is 3.67. The molecule has 106 valence electrons. The molecule has 2 aromatic heterocycles. The Balaban J connectivity index is 2.36. The first-order chi connectivity index (χ1) is 9.24. The molecule has 20 heavy (non-hydrogen) atoms. The van der Waals surface area contributed by atoms with Gasteiger partial charge in [0, 0.05) is 17.5 Å². The maximum Gasteiger partial charge on any atom is 0.197 e. The zero-order chi connectivity index (χ0) is 14.9. The molecule has 0 fully saturated rings. The summed E-state index contributed by atoms with van der Waals surface area (Å²) in [5, 5.41) is 1.09. The third-order valence-corrected chi connectivity index (χ3v) is 3.12. The highest BCUT2D eigenvalue weighted by Gasteiger charge is 2.19. The van der Waals surface area contributed by atoms with Gasteiger partial charge < -0.3 is 17.2 Å². The van der Waals surface area contributed by atoms with E-state index in [0.29, 0.717) is 33.5 Å². The van der Waals surface area contributed by atoms with Crippen molar-refractivity contribution in [2.45, 2.75) is 36.4 Å². The SMILES string of the molecule is CC(C)(C)c1nc(N)cc(Sc2nc(N)cc(N)n2)n1. The summed E-state index contributed by atoms with van der Waals surface area (Å²) in [4.78, 5) is 16.9. The monoisotopic (exact) mass is 291 g/mol. The summed E-state index contributed by atoms with van der Waals surface area (Å²) in [6.07, 6.45) is 0. The second-order valence-electron chi connectivity index (χ2n) is 5.31. The largest absolute Gasteiger partial charge is 0.384 e. The lowest BCUT2D eigenvalue weighted by Crippen LogP contribution is -2.17. The van der Waals surface area contributed by atoms with Crippen LogP contribution in [0.5, 0.6) is 0 Å². The number of nitrogen functional groups attached to an aromatic ring is 3.